The van der Waals surface area contributed by atoms with Gasteiger partial charge in [-0.15, -0.1) is 13.2 Å². The van der Waals surface area contributed by atoms with Crippen LogP contribution in [-0.4, -0.2) is 19.5 Å². The van der Waals surface area contributed by atoms with Crippen LogP contribution in [0.25, 0.3) is 0 Å². The molecule has 1 aliphatic carbocycles. The van der Waals surface area contributed by atoms with E-state index in [0.29, 0.717) is 11.5 Å². The molecule has 1 unspecified atom stereocenters. The smallest absolute Gasteiger partial charge is 0.405 e. The lowest BCUT2D eigenvalue weighted by Crippen LogP contribution is -2.31. The van der Waals surface area contributed by atoms with E-state index in [9.17, 15) is 13.2 Å². The van der Waals surface area contributed by atoms with Gasteiger partial charge in [0.1, 0.15) is 5.75 Å². The van der Waals surface area contributed by atoms with E-state index in [4.69, 9.17) is 5.73 Å². The monoisotopic (exact) mass is 274 g/mol. The zero-order valence-electron chi connectivity index (χ0n) is 10.4. The summed E-state index contributed by atoms with van der Waals surface area (Å²) in [5.41, 5.74) is 6.09. The molecule has 3 N–H and O–H groups in total. The minimum absolute atomic E-state index is 0.186. The largest absolute Gasteiger partial charge is 0.573 e. The summed E-state index contributed by atoms with van der Waals surface area (Å²) < 4.78 is 41.1. The number of alkyl halides is 3. The fraction of sp³-hybridized carbons (Fsp3) is 0.538. The summed E-state index contributed by atoms with van der Waals surface area (Å²) in [7, 11) is 0. The topological polar surface area (TPSA) is 47.3 Å². The van der Waals surface area contributed by atoms with Crippen molar-refractivity contribution >= 4 is 0 Å². The third-order valence-electron chi connectivity index (χ3n) is 3.11. The maximum Gasteiger partial charge on any atom is 0.573 e. The molecule has 1 aromatic rings. The van der Waals surface area contributed by atoms with E-state index >= 15 is 0 Å². The Balaban J connectivity index is 2.10. The van der Waals surface area contributed by atoms with Gasteiger partial charge in [0.2, 0.25) is 0 Å². The van der Waals surface area contributed by atoms with Crippen molar-refractivity contribution in [3.63, 3.8) is 0 Å². The molecule has 0 aliphatic heterocycles. The van der Waals surface area contributed by atoms with Gasteiger partial charge in [-0.05, 0) is 31.4 Å². The Bertz CT molecular complexity index is 419. The molecule has 19 heavy (non-hydrogen) atoms. The molecule has 1 aromatic carbocycles. The molecule has 0 spiro atoms. The molecular formula is C13H17F3N2O. The molecule has 1 saturated carbocycles. The molecule has 1 atom stereocenters. The normalized spacial score (nSPS) is 17.3. The summed E-state index contributed by atoms with van der Waals surface area (Å²) in [5, 5.41) is 3.20. The molecule has 1 aliphatic rings. The highest BCUT2D eigenvalue weighted by molar-refractivity contribution is 5.36. The Hall–Kier alpha value is -1.27. The highest BCUT2D eigenvalue weighted by Gasteiger charge is 2.33. The van der Waals surface area contributed by atoms with Crippen molar-refractivity contribution < 1.29 is 17.9 Å². The molecule has 106 valence electrons. The van der Waals surface area contributed by atoms with Crippen LogP contribution >= 0.6 is 0 Å². The Morgan fingerprint density at radius 2 is 2.00 bits per heavy atom. The lowest BCUT2D eigenvalue weighted by Gasteiger charge is -2.21. The molecule has 0 bridgehead atoms. The van der Waals surface area contributed by atoms with Crippen LogP contribution < -0.4 is 15.8 Å². The van der Waals surface area contributed by atoms with Gasteiger partial charge in [0.25, 0.3) is 0 Å². The minimum atomic E-state index is -4.69. The SMILES string of the molecule is NCC(NCC1CC1)c1ccccc1OC(F)(F)F. The highest BCUT2D eigenvalue weighted by Crippen LogP contribution is 2.32. The molecule has 1 fully saturated rings. The van der Waals surface area contributed by atoms with Gasteiger partial charge < -0.3 is 15.8 Å². The fourth-order valence-electron chi connectivity index (χ4n) is 1.94. The van der Waals surface area contributed by atoms with Crippen molar-refractivity contribution in [1.82, 2.24) is 5.32 Å². The number of nitrogens with two attached hydrogens (primary N) is 1. The van der Waals surface area contributed by atoms with Crippen LogP contribution in [0.5, 0.6) is 5.75 Å². The number of benzene rings is 1. The molecule has 0 saturated heterocycles. The zero-order chi connectivity index (χ0) is 13.9. The van der Waals surface area contributed by atoms with E-state index in [-0.39, 0.29) is 18.3 Å². The van der Waals surface area contributed by atoms with E-state index < -0.39 is 6.36 Å². The van der Waals surface area contributed by atoms with Crippen LogP contribution in [0.3, 0.4) is 0 Å². The second kappa shape index (κ2) is 5.79. The number of ether oxygens (including phenoxy) is 1. The quantitative estimate of drug-likeness (QED) is 0.838. The van der Waals surface area contributed by atoms with Gasteiger partial charge in [-0.25, -0.2) is 0 Å². The molecule has 3 nitrogen and oxygen atoms in total. The number of para-hydroxylation sites is 1. The molecular weight excluding hydrogens is 257 g/mol. The second-order valence-electron chi connectivity index (χ2n) is 4.73. The summed E-state index contributed by atoms with van der Waals surface area (Å²) >= 11 is 0. The lowest BCUT2D eigenvalue weighted by atomic mass is 10.1. The van der Waals surface area contributed by atoms with Crippen molar-refractivity contribution in [2.24, 2.45) is 11.7 Å². The van der Waals surface area contributed by atoms with E-state index in [2.05, 4.69) is 10.1 Å². The summed E-state index contributed by atoms with van der Waals surface area (Å²) in [5.74, 6) is 0.443. The van der Waals surface area contributed by atoms with Gasteiger partial charge in [-0.2, -0.15) is 0 Å². The third-order valence-corrected chi connectivity index (χ3v) is 3.11. The number of hydrogen-bond donors (Lipinski definition) is 2. The average Bonchev–Trinajstić information content (AvgIpc) is 3.14. The van der Waals surface area contributed by atoms with Gasteiger partial charge in [-0.1, -0.05) is 18.2 Å². The van der Waals surface area contributed by atoms with Crippen LogP contribution in [0, 0.1) is 5.92 Å². The van der Waals surface area contributed by atoms with Gasteiger partial charge >= 0.3 is 6.36 Å². The Morgan fingerprint density at radius 3 is 2.58 bits per heavy atom. The summed E-state index contributed by atoms with van der Waals surface area (Å²) in [6.07, 6.45) is -2.35. The van der Waals surface area contributed by atoms with Gasteiger partial charge in [-0.3, -0.25) is 0 Å². The van der Waals surface area contributed by atoms with Crippen LogP contribution in [-0.2, 0) is 0 Å². The first-order valence-electron chi connectivity index (χ1n) is 6.27. The predicted molar refractivity (Wildman–Crippen MR) is 65.6 cm³/mol. The second-order valence-corrected chi connectivity index (χ2v) is 4.73. The fourth-order valence-corrected chi connectivity index (χ4v) is 1.94. The molecule has 6 heteroatoms. The van der Waals surface area contributed by atoms with Crippen molar-refractivity contribution in [3.8, 4) is 5.75 Å². The summed E-state index contributed by atoms with van der Waals surface area (Å²) in [6.45, 7) is 1.01. The number of halogens is 3. The van der Waals surface area contributed by atoms with Gasteiger partial charge in [0.05, 0.1) is 0 Å². The number of nitrogens with one attached hydrogen (secondary N) is 1. The van der Waals surface area contributed by atoms with E-state index in [0.717, 1.165) is 6.54 Å². The van der Waals surface area contributed by atoms with E-state index in [1.165, 1.54) is 25.0 Å². The molecule has 0 amide bonds. The first-order chi connectivity index (χ1) is 8.99. The van der Waals surface area contributed by atoms with Gasteiger partial charge in [0.15, 0.2) is 0 Å². The molecule has 0 radical (unpaired) electrons. The number of hydrogen-bond acceptors (Lipinski definition) is 3. The van der Waals surface area contributed by atoms with E-state index in [1.807, 2.05) is 0 Å². The van der Waals surface area contributed by atoms with E-state index in [1.54, 1.807) is 12.1 Å². The zero-order valence-corrected chi connectivity index (χ0v) is 10.4. The van der Waals surface area contributed by atoms with Crippen molar-refractivity contribution in [2.75, 3.05) is 13.1 Å². The molecule has 0 aromatic heterocycles. The predicted octanol–water partition coefficient (Wildman–Crippen LogP) is 2.58. The standard InChI is InChI=1S/C13H17F3N2O/c14-13(15,16)19-12-4-2-1-3-10(12)11(7-17)18-8-9-5-6-9/h1-4,9,11,18H,5-8,17H2. The Morgan fingerprint density at radius 1 is 1.32 bits per heavy atom. The lowest BCUT2D eigenvalue weighted by molar-refractivity contribution is -0.275. The van der Waals surface area contributed by atoms with Crippen LogP contribution in [0.1, 0.15) is 24.4 Å². The van der Waals surface area contributed by atoms with Crippen LogP contribution in [0.15, 0.2) is 24.3 Å². The Labute approximate surface area is 109 Å². The van der Waals surface area contributed by atoms with Crippen LogP contribution in [0.4, 0.5) is 13.2 Å². The summed E-state index contributed by atoms with van der Waals surface area (Å²) in [4.78, 5) is 0. The van der Waals surface area contributed by atoms with Crippen LogP contribution in [0.2, 0.25) is 0 Å². The third kappa shape index (κ3) is 4.40. The molecule has 0 heterocycles. The number of rotatable bonds is 6. The Kier molecular flexibility index (Phi) is 4.31. The maximum atomic E-state index is 12.3. The minimum Gasteiger partial charge on any atom is -0.405 e. The first kappa shape index (κ1) is 14.1. The van der Waals surface area contributed by atoms with Crippen molar-refractivity contribution in [2.45, 2.75) is 25.2 Å². The highest BCUT2D eigenvalue weighted by atomic mass is 19.4. The van der Waals surface area contributed by atoms with Gasteiger partial charge in [0, 0.05) is 18.2 Å². The molecule has 2 rings (SSSR count). The first-order valence-corrected chi connectivity index (χ1v) is 6.27. The van der Waals surface area contributed by atoms with Crippen molar-refractivity contribution in [3.05, 3.63) is 29.8 Å². The summed E-state index contributed by atoms with van der Waals surface area (Å²) in [6, 6.07) is 5.79. The van der Waals surface area contributed by atoms with Crippen molar-refractivity contribution in [1.29, 1.82) is 0 Å². The maximum absolute atomic E-state index is 12.3. The average molecular weight is 274 g/mol.